The summed E-state index contributed by atoms with van der Waals surface area (Å²) in [6, 6.07) is 2.02. The van der Waals surface area contributed by atoms with Crippen molar-refractivity contribution in [1.82, 2.24) is 10.3 Å². The average Bonchev–Trinajstić information content (AvgIpc) is 2.34. The van der Waals surface area contributed by atoms with Crippen LogP contribution in [-0.4, -0.2) is 24.6 Å². The Morgan fingerprint density at radius 3 is 2.94 bits per heavy atom. The lowest BCUT2D eigenvalue weighted by molar-refractivity contribution is 0.720. The molecule has 0 atom stereocenters. The van der Waals surface area contributed by atoms with Gasteiger partial charge in [-0.05, 0) is 19.5 Å². The van der Waals surface area contributed by atoms with Crippen LogP contribution in [0, 0.1) is 12.3 Å². The molecule has 0 saturated heterocycles. The Balaban J connectivity index is 2.88. The topological polar surface area (TPSA) is 28.2 Å². The number of nitrogens with zero attached hydrogens (tertiary/aromatic N) is 2. The van der Waals surface area contributed by atoms with E-state index in [0.717, 1.165) is 19.6 Å². The number of anilines is 1. The average molecular weight is 217 g/mol. The summed E-state index contributed by atoms with van der Waals surface area (Å²) >= 11 is 0. The molecule has 86 valence electrons. The van der Waals surface area contributed by atoms with Crippen LogP contribution < -0.4 is 10.2 Å². The van der Waals surface area contributed by atoms with Gasteiger partial charge in [-0.25, -0.2) is 0 Å². The lowest BCUT2D eigenvalue weighted by Gasteiger charge is -2.23. The smallest absolute Gasteiger partial charge is 0.0791 e. The van der Waals surface area contributed by atoms with Gasteiger partial charge in [0.2, 0.25) is 0 Å². The molecule has 1 rings (SSSR count). The first kappa shape index (κ1) is 12.5. The summed E-state index contributed by atoms with van der Waals surface area (Å²) in [6.45, 7) is 7.53. The summed E-state index contributed by atoms with van der Waals surface area (Å²) in [5, 5.41) is 3.31. The van der Waals surface area contributed by atoms with Crippen molar-refractivity contribution in [2.45, 2.75) is 20.4 Å². The van der Waals surface area contributed by atoms with Gasteiger partial charge in [-0.1, -0.05) is 12.8 Å². The van der Waals surface area contributed by atoms with E-state index < -0.39 is 0 Å². The highest BCUT2D eigenvalue weighted by Crippen LogP contribution is 2.18. The molecule has 0 saturated carbocycles. The van der Waals surface area contributed by atoms with Crippen LogP contribution in [0.3, 0.4) is 0 Å². The van der Waals surface area contributed by atoms with Gasteiger partial charge in [0.05, 0.1) is 6.54 Å². The van der Waals surface area contributed by atoms with Crippen LogP contribution in [0.15, 0.2) is 18.5 Å². The van der Waals surface area contributed by atoms with E-state index in [1.165, 1.54) is 11.3 Å². The summed E-state index contributed by atoms with van der Waals surface area (Å²) in [7, 11) is 0. The molecule has 0 aromatic carbocycles. The maximum Gasteiger partial charge on any atom is 0.0791 e. The molecule has 3 heteroatoms. The maximum atomic E-state index is 5.37. The molecule has 1 N–H and O–H groups in total. The number of terminal acetylenes is 1. The fourth-order valence-corrected chi connectivity index (χ4v) is 1.60. The van der Waals surface area contributed by atoms with Gasteiger partial charge in [0.1, 0.15) is 0 Å². The van der Waals surface area contributed by atoms with Gasteiger partial charge < -0.3 is 10.2 Å². The quantitative estimate of drug-likeness (QED) is 0.734. The van der Waals surface area contributed by atoms with Gasteiger partial charge in [0.25, 0.3) is 0 Å². The van der Waals surface area contributed by atoms with E-state index in [1.807, 2.05) is 18.5 Å². The van der Waals surface area contributed by atoms with Gasteiger partial charge >= 0.3 is 0 Å². The van der Waals surface area contributed by atoms with E-state index in [0.29, 0.717) is 6.54 Å². The van der Waals surface area contributed by atoms with Crippen molar-refractivity contribution in [3.63, 3.8) is 0 Å². The Morgan fingerprint density at radius 2 is 2.31 bits per heavy atom. The van der Waals surface area contributed by atoms with E-state index >= 15 is 0 Å². The van der Waals surface area contributed by atoms with Crippen LogP contribution in [0.4, 0.5) is 5.69 Å². The zero-order valence-corrected chi connectivity index (χ0v) is 10.0. The lowest BCUT2D eigenvalue weighted by atomic mass is 10.2. The van der Waals surface area contributed by atoms with Gasteiger partial charge in [-0.15, -0.1) is 6.42 Å². The Kier molecular flexibility index (Phi) is 5.38. The van der Waals surface area contributed by atoms with Crippen molar-refractivity contribution in [2.24, 2.45) is 0 Å². The molecular weight excluding hydrogens is 198 g/mol. The van der Waals surface area contributed by atoms with Crippen LogP contribution >= 0.6 is 0 Å². The second-order valence-electron chi connectivity index (χ2n) is 3.50. The standard InChI is InChI=1S/C13H19N3/c1-4-9-16(6-3)13-7-8-15-11-12(13)10-14-5-2/h1,7-8,11,14H,5-6,9-10H2,2-3H3. The second-order valence-corrected chi connectivity index (χ2v) is 3.50. The zero-order valence-electron chi connectivity index (χ0n) is 10.0. The predicted octanol–water partition coefficient (Wildman–Crippen LogP) is 1.65. The number of hydrogen-bond acceptors (Lipinski definition) is 3. The first-order chi connectivity index (χ1) is 7.83. The van der Waals surface area contributed by atoms with E-state index in [9.17, 15) is 0 Å². The first-order valence-electron chi connectivity index (χ1n) is 5.65. The number of aromatic nitrogens is 1. The van der Waals surface area contributed by atoms with E-state index in [4.69, 9.17) is 6.42 Å². The molecule has 16 heavy (non-hydrogen) atoms. The molecule has 0 radical (unpaired) electrons. The SMILES string of the molecule is C#CCN(CC)c1ccncc1CNCC. The normalized spacial score (nSPS) is 9.81. The predicted molar refractivity (Wildman–Crippen MR) is 68.3 cm³/mol. The van der Waals surface area contributed by atoms with Crippen molar-refractivity contribution in [3.05, 3.63) is 24.0 Å². The van der Waals surface area contributed by atoms with E-state index in [2.05, 4.69) is 35.0 Å². The molecule has 0 unspecified atom stereocenters. The minimum Gasteiger partial charge on any atom is -0.360 e. The molecule has 0 aliphatic carbocycles. The molecule has 1 aromatic rings. The summed E-state index contributed by atoms with van der Waals surface area (Å²) in [4.78, 5) is 6.33. The lowest BCUT2D eigenvalue weighted by Crippen LogP contribution is -2.25. The summed E-state index contributed by atoms with van der Waals surface area (Å²) < 4.78 is 0. The maximum absolute atomic E-state index is 5.37. The molecule has 3 nitrogen and oxygen atoms in total. The minimum absolute atomic E-state index is 0.639. The Hall–Kier alpha value is -1.53. The molecular formula is C13H19N3. The van der Waals surface area contributed by atoms with Gasteiger partial charge in [0, 0.05) is 36.7 Å². The molecule has 0 spiro atoms. The third-order valence-corrected chi connectivity index (χ3v) is 2.45. The van der Waals surface area contributed by atoms with Crippen LogP contribution in [0.2, 0.25) is 0 Å². The summed E-state index contributed by atoms with van der Waals surface area (Å²) in [5.41, 5.74) is 2.37. The third kappa shape index (κ3) is 3.25. The van der Waals surface area contributed by atoms with Crippen LogP contribution in [0.5, 0.6) is 0 Å². The minimum atomic E-state index is 0.639. The fourth-order valence-electron chi connectivity index (χ4n) is 1.60. The second kappa shape index (κ2) is 6.86. The van der Waals surface area contributed by atoms with Crippen LogP contribution in [0.25, 0.3) is 0 Å². The van der Waals surface area contributed by atoms with Crippen molar-refractivity contribution >= 4 is 5.69 Å². The molecule has 0 amide bonds. The highest BCUT2D eigenvalue weighted by atomic mass is 15.1. The summed E-state index contributed by atoms with van der Waals surface area (Å²) in [5.74, 6) is 2.69. The van der Waals surface area contributed by atoms with Crippen molar-refractivity contribution in [2.75, 3.05) is 24.5 Å². The van der Waals surface area contributed by atoms with Gasteiger partial charge in [-0.2, -0.15) is 0 Å². The van der Waals surface area contributed by atoms with Crippen LogP contribution in [0.1, 0.15) is 19.4 Å². The number of nitrogens with one attached hydrogen (secondary N) is 1. The summed E-state index contributed by atoms with van der Waals surface area (Å²) in [6.07, 6.45) is 9.08. The van der Waals surface area contributed by atoms with Gasteiger partial charge in [-0.3, -0.25) is 4.98 Å². The molecule has 0 bridgehead atoms. The van der Waals surface area contributed by atoms with Gasteiger partial charge in [0.15, 0.2) is 0 Å². The molecule has 0 fully saturated rings. The fraction of sp³-hybridized carbons (Fsp3) is 0.462. The molecule has 0 aliphatic heterocycles. The highest BCUT2D eigenvalue weighted by molar-refractivity contribution is 5.53. The monoisotopic (exact) mass is 217 g/mol. The van der Waals surface area contributed by atoms with E-state index in [1.54, 1.807) is 0 Å². The first-order valence-corrected chi connectivity index (χ1v) is 5.65. The Morgan fingerprint density at radius 1 is 1.50 bits per heavy atom. The number of hydrogen-bond donors (Lipinski definition) is 1. The highest BCUT2D eigenvalue weighted by Gasteiger charge is 2.07. The number of rotatable bonds is 6. The van der Waals surface area contributed by atoms with Crippen molar-refractivity contribution in [3.8, 4) is 12.3 Å². The van der Waals surface area contributed by atoms with Crippen molar-refractivity contribution in [1.29, 1.82) is 0 Å². The molecule has 0 aliphatic rings. The third-order valence-electron chi connectivity index (χ3n) is 2.45. The zero-order chi connectivity index (χ0) is 11.8. The van der Waals surface area contributed by atoms with Crippen molar-refractivity contribution < 1.29 is 0 Å². The molecule has 1 aromatic heterocycles. The molecule has 1 heterocycles. The van der Waals surface area contributed by atoms with E-state index in [-0.39, 0.29) is 0 Å². The number of pyridine rings is 1. The Bertz CT molecular complexity index is 354. The Labute approximate surface area is 97.9 Å². The largest absolute Gasteiger partial charge is 0.360 e. The van der Waals surface area contributed by atoms with Crippen LogP contribution in [-0.2, 0) is 6.54 Å².